The van der Waals surface area contributed by atoms with Gasteiger partial charge in [0.05, 0.1) is 5.69 Å². The van der Waals surface area contributed by atoms with E-state index in [0.717, 1.165) is 5.56 Å². The molecule has 1 heterocycles. The molecule has 100 valence electrons. The Morgan fingerprint density at radius 2 is 1.89 bits per heavy atom. The van der Waals surface area contributed by atoms with E-state index >= 15 is 0 Å². The minimum Gasteiger partial charge on any atom is -0.233 e. The molecule has 0 saturated carbocycles. The van der Waals surface area contributed by atoms with E-state index in [-0.39, 0.29) is 0 Å². The van der Waals surface area contributed by atoms with Gasteiger partial charge >= 0.3 is 0 Å². The number of rotatable bonds is 4. The zero-order chi connectivity index (χ0) is 13.8. The van der Waals surface area contributed by atoms with Crippen LogP contribution in [0.2, 0.25) is 5.15 Å². The SMILES string of the molecule is CCc1nc(Cl)cc(-c2ccc(SC(F)F)cc2)n1. The zero-order valence-electron chi connectivity index (χ0n) is 10.1. The number of hydrogen-bond acceptors (Lipinski definition) is 3. The predicted octanol–water partition coefficient (Wildman–Crippen LogP) is 4.67. The number of aromatic nitrogens is 2. The first-order chi connectivity index (χ1) is 9.08. The van der Waals surface area contributed by atoms with Crippen LogP contribution < -0.4 is 0 Å². The molecule has 1 aromatic heterocycles. The summed E-state index contributed by atoms with van der Waals surface area (Å²) in [5, 5.41) is 0.382. The van der Waals surface area contributed by atoms with Gasteiger partial charge < -0.3 is 0 Å². The Kier molecular flexibility index (Phi) is 4.71. The number of alkyl halides is 2. The summed E-state index contributed by atoms with van der Waals surface area (Å²) >= 11 is 6.45. The van der Waals surface area contributed by atoms with E-state index in [0.29, 0.717) is 39.7 Å². The highest BCUT2D eigenvalue weighted by molar-refractivity contribution is 7.99. The normalized spacial score (nSPS) is 11.0. The lowest BCUT2D eigenvalue weighted by Gasteiger charge is -2.05. The van der Waals surface area contributed by atoms with Crippen LogP contribution in [0.5, 0.6) is 0 Å². The lowest BCUT2D eigenvalue weighted by Crippen LogP contribution is -1.95. The quantitative estimate of drug-likeness (QED) is 0.606. The molecule has 2 nitrogen and oxygen atoms in total. The average Bonchev–Trinajstić information content (AvgIpc) is 2.38. The van der Waals surface area contributed by atoms with Crippen molar-refractivity contribution in [2.24, 2.45) is 0 Å². The Balaban J connectivity index is 2.29. The highest BCUT2D eigenvalue weighted by atomic mass is 35.5. The summed E-state index contributed by atoms with van der Waals surface area (Å²) in [5.74, 6) is -1.75. The van der Waals surface area contributed by atoms with Crippen LogP contribution in [0.3, 0.4) is 0 Å². The molecule has 0 aliphatic rings. The van der Waals surface area contributed by atoms with E-state index in [1.54, 1.807) is 30.3 Å². The number of thioether (sulfide) groups is 1. The molecule has 1 aromatic carbocycles. The monoisotopic (exact) mass is 300 g/mol. The summed E-state index contributed by atoms with van der Waals surface area (Å²) < 4.78 is 24.4. The van der Waals surface area contributed by atoms with Gasteiger partial charge in [-0.3, -0.25) is 0 Å². The van der Waals surface area contributed by atoms with Crippen LogP contribution >= 0.6 is 23.4 Å². The third-order valence-electron chi connectivity index (χ3n) is 2.43. The van der Waals surface area contributed by atoms with Gasteiger partial charge in [0.1, 0.15) is 11.0 Å². The van der Waals surface area contributed by atoms with E-state index in [4.69, 9.17) is 11.6 Å². The van der Waals surface area contributed by atoms with Crippen LogP contribution in [0, 0.1) is 0 Å². The summed E-state index contributed by atoms with van der Waals surface area (Å²) in [6, 6.07) is 8.46. The zero-order valence-corrected chi connectivity index (χ0v) is 11.7. The van der Waals surface area contributed by atoms with Gasteiger partial charge in [0.25, 0.3) is 5.76 Å². The Bertz CT molecular complexity index is 561. The summed E-state index contributed by atoms with van der Waals surface area (Å²) in [7, 11) is 0. The maximum atomic E-state index is 12.2. The molecular formula is C13H11ClF2N2S. The van der Waals surface area contributed by atoms with E-state index in [2.05, 4.69) is 9.97 Å². The van der Waals surface area contributed by atoms with Crippen molar-refractivity contribution in [1.29, 1.82) is 0 Å². The van der Waals surface area contributed by atoms with E-state index < -0.39 is 5.76 Å². The summed E-state index contributed by atoms with van der Waals surface area (Å²) in [5.41, 5.74) is 1.53. The third kappa shape index (κ3) is 3.88. The van der Waals surface area contributed by atoms with Crippen LogP contribution in [0.1, 0.15) is 12.7 Å². The number of benzene rings is 1. The molecular weight excluding hydrogens is 290 g/mol. The minimum atomic E-state index is -2.41. The van der Waals surface area contributed by atoms with Gasteiger partial charge in [0, 0.05) is 22.9 Å². The molecule has 0 unspecified atom stereocenters. The Morgan fingerprint density at radius 3 is 2.47 bits per heavy atom. The van der Waals surface area contributed by atoms with E-state index in [1.807, 2.05) is 6.92 Å². The fraction of sp³-hybridized carbons (Fsp3) is 0.231. The average molecular weight is 301 g/mol. The third-order valence-corrected chi connectivity index (χ3v) is 3.35. The standard InChI is InChI=1S/C13H11ClF2N2S/c1-2-12-17-10(7-11(14)18-12)8-3-5-9(6-4-8)19-13(15)16/h3-7,13H,2H2,1H3. The number of nitrogens with zero attached hydrogens (tertiary/aromatic N) is 2. The molecule has 0 aliphatic heterocycles. The van der Waals surface area contributed by atoms with Gasteiger partial charge in [-0.15, -0.1) is 0 Å². The van der Waals surface area contributed by atoms with E-state index in [1.165, 1.54) is 0 Å². The maximum Gasteiger partial charge on any atom is 0.288 e. The molecule has 0 aliphatic carbocycles. The van der Waals surface area contributed by atoms with Gasteiger partial charge in [0.2, 0.25) is 0 Å². The van der Waals surface area contributed by atoms with Crippen LogP contribution in [0.25, 0.3) is 11.3 Å². The summed E-state index contributed by atoms with van der Waals surface area (Å²) in [4.78, 5) is 8.97. The van der Waals surface area contributed by atoms with Gasteiger partial charge in [0.15, 0.2) is 0 Å². The number of halogens is 3. The molecule has 0 saturated heterocycles. The van der Waals surface area contributed by atoms with Gasteiger partial charge in [-0.1, -0.05) is 42.4 Å². The number of aryl methyl sites for hydroxylation is 1. The molecule has 6 heteroatoms. The van der Waals surface area contributed by atoms with Crippen molar-refractivity contribution < 1.29 is 8.78 Å². The highest BCUT2D eigenvalue weighted by Crippen LogP contribution is 2.28. The predicted molar refractivity (Wildman–Crippen MR) is 73.7 cm³/mol. The Labute approximate surface area is 119 Å². The molecule has 19 heavy (non-hydrogen) atoms. The second-order valence-corrected chi connectivity index (χ2v) is 5.20. The lowest BCUT2D eigenvalue weighted by molar-refractivity contribution is 0.252. The molecule has 0 atom stereocenters. The molecule has 0 amide bonds. The van der Waals surface area contributed by atoms with Crippen LogP contribution in [-0.4, -0.2) is 15.7 Å². The van der Waals surface area contributed by atoms with Crippen molar-refractivity contribution >= 4 is 23.4 Å². The molecule has 0 radical (unpaired) electrons. The second-order valence-electron chi connectivity index (χ2n) is 3.75. The van der Waals surface area contributed by atoms with Crippen LogP contribution in [0.15, 0.2) is 35.2 Å². The van der Waals surface area contributed by atoms with Crippen molar-refractivity contribution in [1.82, 2.24) is 9.97 Å². The van der Waals surface area contributed by atoms with Crippen molar-refractivity contribution in [3.63, 3.8) is 0 Å². The summed E-state index contributed by atoms with van der Waals surface area (Å²) in [6.45, 7) is 1.94. The molecule has 0 bridgehead atoms. The molecule has 0 fully saturated rings. The minimum absolute atomic E-state index is 0.382. The first-order valence-corrected chi connectivity index (χ1v) is 6.93. The second kappa shape index (κ2) is 6.30. The van der Waals surface area contributed by atoms with Crippen LogP contribution in [0.4, 0.5) is 8.78 Å². The molecule has 2 aromatic rings. The highest BCUT2D eigenvalue weighted by Gasteiger charge is 2.07. The van der Waals surface area contributed by atoms with Crippen LogP contribution in [-0.2, 0) is 6.42 Å². The lowest BCUT2D eigenvalue weighted by atomic mass is 10.1. The molecule has 2 rings (SSSR count). The molecule has 0 N–H and O–H groups in total. The molecule has 0 spiro atoms. The van der Waals surface area contributed by atoms with Crippen molar-refractivity contribution in [2.45, 2.75) is 24.0 Å². The first-order valence-electron chi connectivity index (χ1n) is 5.67. The largest absolute Gasteiger partial charge is 0.288 e. The maximum absolute atomic E-state index is 12.2. The topological polar surface area (TPSA) is 25.8 Å². The van der Waals surface area contributed by atoms with Crippen molar-refractivity contribution in [3.8, 4) is 11.3 Å². The van der Waals surface area contributed by atoms with Gasteiger partial charge in [-0.25, -0.2) is 9.97 Å². The van der Waals surface area contributed by atoms with Crippen molar-refractivity contribution in [2.75, 3.05) is 0 Å². The summed E-state index contributed by atoms with van der Waals surface area (Å²) in [6.07, 6.45) is 0.687. The Morgan fingerprint density at radius 1 is 1.21 bits per heavy atom. The Hall–Kier alpha value is -1.20. The first kappa shape index (κ1) is 14.2. The van der Waals surface area contributed by atoms with Crippen molar-refractivity contribution in [3.05, 3.63) is 41.3 Å². The fourth-order valence-corrected chi connectivity index (χ4v) is 2.28. The van der Waals surface area contributed by atoms with Gasteiger partial charge in [-0.2, -0.15) is 8.78 Å². The fourth-order valence-electron chi connectivity index (χ4n) is 1.58. The number of hydrogen-bond donors (Lipinski definition) is 0. The van der Waals surface area contributed by atoms with Gasteiger partial charge in [-0.05, 0) is 12.1 Å². The van der Waals surface area contributed by atoms with E-state index in [9.17, 15) is 8.78 Å². The smallest absolute Gasteiger partial charge is 0.233 e.